The molecule has 0 saturated carbocycles. The van der Waals surface area contributed by atoms with Gasteiger partial charge in [0, 0.05) is 23.6 Å². The van der Waals surface area contributed by atoms with Gasteiger partial charge in [0.1, 0.15) is 22.8 Å². The van der Waals surface area contributed by atoms with Crippen molar-refractivity contribution in [3.05, 3.63) is 101 Å². The lowest BCUT2D eigenvalue weighted by Crippen LogP contribution is -2.08. The number of aromatic hydroxyl groups is 1. The van der Waals surface area contributed by atoms with E-state index in [9.17, 15) is 15.0 Å². The maximum atomic E-state index is 15.6. The van der Waals surface area contributed by atoms with Gasteiger partial charge in [0.2, 0.25) is 5.82 Å². The number of halogens is 1. The molecule has 0 atom stereocenters. The summed E-state index contributed by atoms with van der Waals surface area (Å²) in [6.07, 6.45) is 1.20. The van der Waals surface area contributed by atoms with Crippen LogP contribution in [0.4, 0.5) is 4.39 Å². The van der Waals surface area contributed by atoms with E-state index < -0.39 is 11.8 Å². The molecule has 0 radical (unpaired) electrons. The van der Waals surface area contributed by atoms with Crippen molar-refractivity contribution in [1.82, 2.24) is 0 Å². The number of aromatic carboxylic acids is 1. The highest BCUT2D eigenvalue weighted by molar-refractivity contribution is 5.91. The fraction of sp³-hybridized carbons (Fsp3) is 0.242. The van der Waals surface area contributed by atoms with Crippen molar-refractivity contribution in [2.75, 3.05) is 13.2 Å². The Hall–Kier alpha value is -4.52. The summed E-state index contributed by atoms with van der Waals surface area (Å²) in [6.45, 7) is 6.31. The molecule has 6 nitrogen and oxygen atoms in total. The molecule has 0 aliphatic carbocycles. The van der Waals surface area contributed by atoms with Gasteiger partial charge in [0.15, 0.2) is 11.5 Å². The average Bonchev–Trinajstić information content (AvgIpc) is 2.95. The van der Waals surface area contributed by atoms with Crippen LogP contribution < -0.4 is 14.2 Å². The maximum Gasteiger partial charge on any atom is 0.339 e. The van der Waals surface area contributed by atoms with Crippen LogP contribution in [-0.4, -0.2) is 29.4 Å². The minimum atomic E-state index is -1.16. The number of phenols is 1. The summed E-state index contributed by atoms with van der Waals surface area (Å²) in [5.74, 6) is -1.19. The summed E-state index contributed by atoms with van der Waals surface area (Å²) in [6, 6.07) is 22.6. The number of hydrogen-bond acceptors (Lipinski definition) is 5. The van der Waals surface area contributed by atoms with Crippen LogP contribution in [0.2, 0.25) is 0 Å². The summed E-state index contributed by atoms with van der Waals surface area (Å²) in [4.78, 5) is 11.6. The number of benzene rings is 4. The molecule has 0 saturated heterocycles. The van der Waals surface area contributed by atoms with E-state index in [-0.39, 0.29) is 41.1 Å². The molecule has 0 aromatic heterocycles. The zero-order chi connectivity index (χ0) is 28.6. The lowest BCUT2D eigenvalue weighted by Gasteiger charge is -2.18. The number of phenolic OH excluding ortho intramolecular Hbond substituents is 1. The van der Waals surface area contributed by atoms with Gasteiger partial charge in [-0.3, -0.25) is 0 Å². The van der Waals surface area contributed by atoms with Crippen LogP contribution in [0, 0.1) is 5.82 Å². The molecule has 4 aromatic carbocycles. The third-order valence-electron chi connectivity index (χ3n) is 6.49. The van der Waals surface area contributed by atoms with Gasteiger partial charge in [-0.15, -0.1) is 0 Å². The van der Waals surface area contributed by atoms with E-state index in [2.05, 4.69) is 0 Å². The second kappa shape index (κ2) is 13.0. The summed E-state index contributed by atoms with van der Waals surface area (Å²) >= 11 is 0. The first kappa shape index (κ1) is 28.5. The number of carbonyl (C=O) groups is 1. The van der Waals surface area contributed by atoms with Crippen molar-refractivity contribution in [3.8, 4) is 39.9 Å². The molecule has 4 aromatic rings. The molecular weight excluding hydrogens is 511 g/mol. The fourth-order valence-electron chi connectivity index (χ4n) is 4.36. The Kier molecular flexibility index (Phi) is 9.27. The summed E-state index contributed by atoms with van der Waals surface area (Å²) in [5, 5.41) is 20.1. The number of rotatable bonds is 12. The van der Waals surface area contributed by atoms with Crippen molar-refractivity contribution >= 4 is 5.97 Å². The highest BCUT2D eigenvalue weighted by Gasteiger charge is 2.21. The Labute approximate surface area is 233 Å². The molecular formula is C33H33FO6. The van der Waals surface area contributed by atoms with Crippen molar-refractivity contribution in [2.24, 2.45) is 0 Å². The van der Waals surface area contributed by atoms with E-state index in [0.717, 1.165) is 23.1 Å². The number of aryl methyl sites for hydroxylation is 1. The highest BCUT2D eigenvalue weighted by Crippen LogP contribution is 2.39. The molecule has 2 N–H and O–H groups in total. The summed E-state index contributed by atoms with van der Waals surface area (Å²) in [5.41, 5.74) is 3.18. The number of hydrogen-bond donors (Lipinski definition) is 2. The minimum absolute atomic E-state index is 0.00584. The van der Waals surface area contributed by atoms with Crippen LogP contribution in [0.15, 0.2) is 78.9 Å². The second-order valence-electron chi connectivity index (χ2n) is 9.60. The van der Waals surface area contributed by atoms with Gasteiger partial charge in [-0.25, -0.2) is 4.79 Å². The summed E-state index contributed by atoms with van der Waals surface area (Å²) in [7, 11) is 0. The Morgan fingerprint density at radius 1 is 0.875 bits per heavy atom. The maximum absolute atomic E-state index is 15.6. The standard InChI is InChI=1S/C33H33FO6/c1-4-22-19-26(23-11-6-5-7-12-23)27(35)20-30(22)39-18-10-17-38-29-16-15-24(21(2)3)32(31(29)34)40-28-14-9-8-13-25(28)33(36)37/h5-9,11-16,19-21,35H,4,10,17-18H2,1-3H3,(H,36,37). The molecule has 0 aliphatic heterocycles. The van der Waals surface area contributed by atoms with Gasteiger partial charge in [0.25, 0.3) is 0 Å². The molecule has 4 rings (SSSR count). The summed E-state index contributed by atoms with van der Waals surface area (Å²) < 4.78 is 33.0. The fourth-order valence-corrected chi connectivity index (χ4v) is 4.36. The smallest absolute Gasteiger partial charge is 0.339 e. The molecule has 0 spiro atoms. The highest BCUT2D eigenvalue weighted by atomic mass is 19.1. The SMILES string of the molecule is CCc1cc(-c2ccccc2)c(O)cc1OCCCOc1ccc(C(C)C)c(Oc2ccccc2C(=O)O)c1F. The van der Waals surface area contributed by atoms with Crippen LogP contribution in [0.5, 0.6) is 28.7 Å². The molecule has 40 heavy (non-hydrogen) atoms. The Balaban J connectivity index is 1.42. The molecule has 0 heterocycles. The van der Waals surface area contributed by atoms with E-state index in [1.54, 1.807) is 30.3 Å². The third kappa shape index (κ3) is 6.54. The van der Waals surface area contributed by atoms with E-state index >= 15 is 4.39 Å². The van der Waals surface area contributed by atoms with Crippen LogP contribution >= 0.6 is 0 Å². The van der Waals surface area contributed by atoms with Gasteiger partial charge in [-0.2, -0.15) is 4.39 Å². The Bertz CT molecular complexity index is 1470. The zero-order valence-corrected chi connectivity index (χ0v) is 22.8. The van der Waals surface area contributed by atoms with Gasteiger partial charge >= 0.3 is 5.97 Å². The molecule has 0 aliphatic rings. The number of carboxylic acids is 1. The first-order valence-electron chi connectivity index (χ1n) is 13.3. The Morgan fingerprint density at radius 3 is 2.23 bits per heavy atom. The lowest BCUT2D eigenvalue weighted by atomic mass is 10.00. The van der Waals surface area contributed by atoms with Crippen molar-refractivity contribution in [2.45, 2.75) is 39.5 Å². The number of carboxylic acid groups (broad SMARTS) is 1. The van der Waals surface area contributed by atoms with Crippen molar-refractivity contribution in [1.29, 1.82) is 0 Å². The number of ether oxygens (including phenoxy) is 3. The minimum Gasteiger partial charge on any atom is -0.507 e. The topological polar surface area (TPSA) is 85.2 Å². The molecule has 7 heteroatoms. The van der Waals surface area contributed by atoms with E-state index in [0.29, 0.717) is 24.3 Å². The van der Waals surface area contributed by atoms with Crippen molar-refractivity contribution in [3.63, 3.8) is 0 Å². The van der Waals surface area contributed by atoms with Crippen LogP contribution in [0.3, 0.4) is 0 Å². The first-order chi connectivity index (χ1) is 19.3. The van der Waals surface area contributed by atoms with Gasteiger partial charge in [-0.1, -0.05) is 69.3 Å². The van der Waals surface area contributed by atoms with Crippen molar-refractivity contribution < 1.29 is 33.6 Å². The van der Waals surface area contributed by atoms with E-state index in [1.165, 1.54) is 12.1 Å². The van der Waals surface area contributed by atoms with E-state index in [1.807, 2.05) is 57.2 Å². The first-order valence-corrected chi connectivity index (χ1v) is 13.3. The third-order valence-corrected chi connectivity index (χ3v) is 6.49. The van der Waals surface area contributed by atoms with Gasteiger partial charge in [-0.05, 0) is 47.7 Å². The lowest BCUT2D eigenvalue weighted by molar-refractivity contribution is 0.0694. The number of para-hydroxylation sites is 1. The second-order valence-corrected chi connectivity index (χ2v) is 9.60. The zero-order valence-electron chi connectivity index (χ0n) is 22.8. The normalized spacial score (nSPS) is 10.9. The molecule has 208 valence electrons. The largest absolute Gasteiger partial charge is 0.507 e. The molecule has 0 amide bonds. The predicted octanol–water partition coefficient (Wildman–Crippen LogP) is 8.22. The Morgan fingerprint density at radius 2 is 1.55 bits per heavy atom. The quantitative estimate of drug-likeness (QED) is 0.175. The van der Waals surface area contributed by atoms with Crippen LogP contribution in [-0.2, 0) is 6.42 Å². The van der Waals surface area contributed by atoms with Crippen LogP contribution in [0.1, 0.15) is 54.6 Å². The van der Waals surface area contributed by atoms with E-state index in [4.69, 9.17) is 14.2 Å². The molecule has 0 unspecified atom stereocenters. The van der Waals surface area contributed by atoms with Crippen LogP contribution in [0.25, 0.3) is 11.1 Å². The molecule has 0 fully saturated rings. The van der Waals surface area contributed by atoms with Gasteiger partial charge < -0.3 is 24.4 Å². The predicted molar refractivity (Wildman–Crippen MR) is 152 cm³/mol. The molecule has 0 bridgehead atoms. The monoisotopic (exact) mass is 544 g/mol. The average molecular weight is 545 g/mol. The van der Waals surface area contributed by atoms with Gasteiger partial charge in [0.05, 0.1) is 13.2 Å².